The summed E-state index contributed by atoms with van der Waals surface area (Å²) in [5, 5.41) is 14.6. The Morgan fingerprint density at radius 3 is 2.95 bits per heavy atom. The molecular weight excluding hydrogens is 282 g/mol. The standard InChI is InChI=1S/C16H23N3O3/c1-2-3-8-21-9-5-7-19-16(20)14(11-17)12-18-13-15-6-4-10-22-15/h4,6,10,12,18H,2-3,5,7-9,13H2,1H3,(H,19,20)/b14-12-. The van der Waals surface area contributed by atoms with Crippen LogP contribution in [0.2, 0.25) is 0 Å². The highest BCUT2D eigenvalue weighted by Crippen LogP contribution is 1.99. The van der Waals surface area contributed by atoms with E-state index in [2.05, 4.69) is 17.6 Å². The molecule has 2 N–H and O–H groups in total. The lowest BCUT2D eigenvalue weighted by molar-refractivity contribution is -0.117. The normalized spacial score (nSPS) is 11.0. The van der Waals surface area contributed by atoms with E-state index >= 15 is 0 Å². The Balaban J connectivity index is 2.19. The van der Waals surface area contributed by atoms with Gasteiger partial charge in [0.25, 0.3) is 5.91 Å². The van der Waals surface area contributed by atoms with Gasteiger partial charge < -0.3 is 19.8 Å². The summed E-state index contributed by atoms with van der Waals surface area (Å²) in [5.41, 5.74) is 0.0402. The number of hydrogen-bond acceptors (Lipinski definition) is 5. The molecule has 0 aliphatic carbocycles. The molecule has 0 spiro atoms. The van der Waals surface area contributed by atoms with E-state index in [0.29, 0.717) is 19.7 Å². The van der Waals surface area contributed by atoms with Gasteiger partial charge in [-0.05, 0) is 25.0 Å². The van der Waals surface area contributed by atoms with Gasteiger partial charge in [-0.25, -0.2) is 0 Å². The van der Waals surface area contributed by atoms with Gasteiger partial charge in [-0.3, -0.25) is 4.79 Å². The first-order chi connectivity index (χ1) is 10.8. The predicted octanol–water partition coefficient (Wildman–Crippen LogP) is 2.10. The maximum atomic E-state index is 11.8. The van der Waals surface area contributed by atoms with Gasteiger partial charge in [0.05, 0.1) is 12.8 Å². The number of hydrogen-bond donors (Lipinski definition) is 2. The van der Waals surface area contributed by atoms with Crippen LogP contribution in [0.25, 0.3) is 0 Å². The van der Waals surface area contributed by atoms with Gasteiger partial charge in [0, 0.05) is 26.0 Å². The van der Waals surface area contributed by atoms with Crippen molar-refractivity contribution in [1.82, 2.24) is 10.6 Å². The fraction of sp³-hybridized carbons (Fsp3) is 0.500. The molecule has 0 aliphatic heterocycles. The third-order valence-electron chi connectivity index (χ3n) is 2.86. The van der Waals surface area contributed by atoms with Crippen molar-refractivity contribution in [2.45, 2.75) is 32.7 Å². The molecule has 1 amide bonds. The number of carbonyl (C=O) groups is 1. The molecule has 1 rings (SSSR count). The maximum absolute atomic E-state index is 11.8. The fourth-order valence-corrected chi connectivity index (χ4v) is 1.64. The second kappa shape index (κ2) is 11.4. The van der Waals surface area contributed by atoms with Crippen LogP contribution in [-0.4, -0.2) is 25.7 Å². The quantitative estimate of drug-likeness (QED) is 0.371. The molecule has 1 aromatic heterocycles. The van der Waals surface area contributed by atoms with Crippen molar-refractivity contribution in [2.75, 3.05) is 19.8 Å². The Hall–Kier alpha value is -2.26. The topological polar surface area (TPSA) is 87.3 Å². The van der Waals surface area contributed by atoms with E-state index < -0.39 is 0 Å². The highest BCUT2D eigenvalue weighted by molar-refractivity contribution is 5.97. The maximum Gasteiger partial charge on any atom is 0.263 e. The molecule has 6 heteroatoms. The zero-order valence-electron chi connectivity index (χ0n) is 12.9. The summed E-state index contributed by atoms with van der Waals surface area (Å²) in [6, 6.07) is 5.47. The van der Waals surface area contributed by atoms with Gasteiger partial charge in [0.15, 0.2) is 0 Å². The number of ether oxygens (including phenoxy) is 1. The summed E-state index contributed by atoms with van der Waals surface area (Å²) < 4.78 is 10.5. The summed E-state index contributed by atoms with van der Waals surface area (Å²) in [4.78, 5) is 11.8. The molecule has 0 atom stereocenters. The van der Waals surface area contributed by atoms with E-state index in [9.17, 15) is 4.79 Å². The molecule has 0 bridgehead atoms. The molecule has 6 nitrogen and oxygen atoms in total. The van der Waals surface area contributed by atoms with E-state index in [1.54, 1.807) is 12.3 Å². The third-order valence-corrected chi connectivity index (χ3v) is 2.86. The first-order valence-electron chi connectivity index (χ1n) is 7.50. The fourth-order valence-electron chi connectivity index (χ4n) is 1.64. The van der Waals surface area contributed by atoms with Crippen molar-refractivity contribution in [3.63, 3.8) is 0 Å². The summed E-state index contributed by atoms with van der Waals surface area (Å²) in [7, 11) is 0. The number of carbonyl (C=O) groups excluding carboxylic acids is 1. The predicted molar refractivity (Wildman–Crippen MR) is 82.6 cm³/mol. The monoisotopic (exact) mass is 305 g/mol. The molecule has 0 unspecified atom stereocenters. The van der Waals surface area contributed by atoms with E-state index in [1.165, 1.54) is 6.20 Å². The van der Waals surface area contributed by atoms with Crippen molar-refractivity contribution in [2.24, 2.45) is 0 Å². The minimum Gasteiger partial charge on any atom is -0.467 e. The smallest absolute Gasteiger partial charge is 0.263 e. The van der Waals surface area contributed by atoms with Gasteiger partial charge in [-0.2, -0.15) is 5.26 Å². The highest BCUT2D eigenvalue weighted by Gasteiger charge is 2.07. The molecular formula is C16H23N3O3. The van der Waals surface area contributed by atoms with Crippen LogP contribution in [0.3, 0.4) is 0 Å². The van der Waals surface area contributed by atoms with E-state index in [-0.39, 0.29) is 11.5 Å². The van der Waals surface area contributed by atoms with Crippen molar-refractivity contribution in [1.29, 1.82) is 5.26 Å². The van der Waals surface area contributed by atoms with Crippen LogP contribution in [0.1, 0.15) is 31.9 Å². The lowest BCUT2D eigenvalue weighted by Crippen LogP contribution is -2.27. The summed E-state index contributed by atoms with van der Waals surface area (Å²) in [6.07, 6.45) is 5.86. The molecule has 1 heterocycles. The Bertz CT molecular complexity index is 489. The minimum atomic E-state index is -0.386. The van der Waals surface area contributed by atoms with E-state index in [4.69, 9.17) is 14.4 Å². The lowest BCUT2D eigenvalue weighted by Gasteiger charge is -2.05. The summed E-state index contributed by atoms with van der Waals surface area (Å²) in [5.74, 6) is 0.348. The third kappa shape index (κ3) is 7.50. The lowest BCUT2D eigenvalue weighted by atomic mass is 10.3. The van der Waals surface area contributed by atoms with Gasteiger partial charge in [0.1, 0.15) is 17.4 Å². The molecule has 120 valence electrons. The van der Waals surface area contributed by atoms with Crippen LogP contribution in [0.15, 0.2) is 34.6 Å². The zero-order chi connectivity index (χ0) is 16.0. The van der Waals surface area contributed by atoms with Crippen molar-refractivity contribution < 1.29 is 13.9 Å². The SMILES string of the molecule is CCCCOCCCNC(=O)/C(C#N)=C\NCc1ccco1. The van der Waals surface area contributed by atoms with Crippen LogP contribution in [-0.2, 0) is 16.1 Å². The summed E-state index contributed by atoms with van der Waals surface area (Å²) in [6.45, 7) is 4.39. The molecule has 0 fully saturated rings. The van der Waals surface area contributed by atoms with Crippen LogP contribution in [0.4, 0.5) is 0 Å². The number of nitriles is 1. The minimum absolute atomic E-state index is 0.0402. The van der Waals surface area contributed by atoms with Gasteiger partial charge in [-0.15, -0.1) is 0 Å². The van der Waals surface area contributed by atoms with Crippen LogP contribution in [0.5, 0.6) is 0 Å². The first kappa shape index (κ1) is 17.8. The second-order valence-electron chi connectivity index (χ2n) is 4.71. The Labute approximate surface area is 131 Å². The molecule has 0 aromatic carbocycles. The van der Waals surface area contributed by atoms with Crippen LogP contribution >= 0.6 is 0 Å². The number of unbranched alkanes of at least 4 members (excludes halogenated alkanes) is 1. The van der Waals surface area contributed by atoms with Crippen molar-refractivity contribution >= 4 is 5.91 Å². The van der Waals surface area contributed by atoms with Crippen LogP contribution < -0.4 is 10.6 Å². The Morgan fingerprint density at radius 2 is 2.27 bits per heavy atom. The van der Waals surface area contributed by atoms with Crippen molar-refractivity contribution in [3.8, 4) is 6.07 Å². The van der Waals surface area contributed by atoms with Crippen molar-refractivity contribution in [3.05, 3.63) is 35.9 Å². The number of rotatable bonds is 11. The van der Waals surface area contributed by atoms with Gasteiger partial charge in [0.2, 0.25) is 0 Å². The average molecular weight is 305 g/mol. The molecule has 0 aliphatic rings. The average Bonchev–Trinajstić information content (AvgIpc) is 3.04. The molecule has 0 radical (unpaired) electrons. The summed E-state index contributed by atoms with van der Waals surface area (Å²) >= 11 is 0. The van der Waals surface area contributed by atoms with E-state index in [1.807, 2.05) is 12.1 Å². The van der Waals surface area contributed by atoms with E-state index in [0.717, 1.165) is 31.6 Å². The number of amides is 1. The number of furan rings is 1. The Morgan fingerprint density at radius 1 is 1.45 bits per heavy atom. The first-order valence-corrected chi connectivity index (χ1v) is 7.50. The number of nitrogens with zero attached hydrogens (tertiary/aromatic N) is 1. The molecule has 0 saturated heterocycles. The van der Waals surface area contributed by atoms with Gasteiger partial charge >= 0.3 is 0 Å². The number of nitrogens with one attached hydrogen (secondary N) is 2. The molecule has 22 heavy (non-hydrogen) atoms. The Kier molecular flexibility index (Phi) is 9.22. The van der Waals surface area contributed by atoms with Crippen LogP contribution in [0, 0.1) is 11.3 Å². The molecule has 1 aromatic rings. The zero-order valence-corrected chi connectivity index (χ0v) is 12.9. The van der Waals surface area contributed by atoms with Gasteiger partial charge in [-0.1, -0.05) is 13.3 Å². The largest absolute Gasteiger partial charge is 0.467 e. The second-order valence-corrected chi connectivity index (χ2v) is 4.71. The highest BCUT2D eigenvalue weighted by atomic mass is 16.5. The molecule has 0 saturated carbocycles.